The van der Waals surface area contributed by atoms with Crippen molar-refractivity contribution in [2.75, 3.05) is 10.6 Å². The zero-order valence-corrected chi connectivity index (χ0v) is 19.8. The molecule has 0 amide bonds. The van der Waals surface area contributed by atoms with Crippen molar-refractivity contribution in [2.24, 2.45) is 0 Å². The molecule has 1 atom stereocenters. The molecule has 2 fully saturated rings. The van der Waals surface area contributed by atoms with Crippen molar-refractivity contribution < 1.29 is 4.39 Å². The first-order chi connectivity index (χ1) is 16.9. The second kappa shape index (κ2) is 8.21. The fraction of sp³-hybridized carbons (Fsp3) is 0.308. The third-order valence-corrected chi connectivity index (χ3v) is 7.02. The van der Waals surface area contributed by atoms with Crippen LogP contribution in [0.4, 0.5) is 15.8 Å². The molecular formula is C26H23ClFN7. The number of nitrogens with zero attached hydrogens (tertiary/aromatic N) is 5. The van der Waals surface area contributed by atoms with Crippen LogP contribution in [0.15, 0.2) is 48.8 Å². The highest BCUT2D eigenvalue weighted by atomic mass is 35.5. The molecule has 0 aliphatic heterocycles. The lowest BCUT2D eigenvalue weighted by molar-refractivity contribution is 0.610. The number of hydrogen-bond acceptors (Lipinski definition) is 6. The van der Waals surface area contributed by atoms with Gasteiger partial charge in [0.1, 0.15) is 17.6 Å². The van der Waals surface area contributed by atoms with Gasteiger partial charge in [0.05, 0.1) is 40.1 Å². The van der Waals surface area contributed by atoms with Crippen molar-refractivity contribution in [1.29, 1.82) is 5.26 Å². The molecule has 2 heterocycles. The van der Waals surface area contributed by atoms with Gasteiger partial charge in [0.25, 0.3) is 0 Å². The molecule has 2 saturated carbocycles. The quantitative estimate of drug-likeness (QED) is 0.332. The zero-order valence-electron chi connectivity index (χ0n) is 19.1. The molecule has 4 aromatic rings. The Morgan fingerprint density at radius 1 is 1.23 bits per heavy atom. The summed E-state index contributed by atoms with van der Waals surface area (Å²) in [5, 5.41) is 26.7. The zero-order chi connectivity index (χ0) is 24.2. The predicted octanol–water partition coefficient (Wildman–Crippen LogP) is 5.99. The number of benzene rings is 2. The number of nitrogens with one attached hydrogen (secondary N) is 2. The van der Waals surface area contributed by atoms with Gasteiger partial charge in [0.15, 0.2) is 0 Å². The van der Waals surface area contributed by atoms with Crippen LogP contribution in [0.3, 0.4) is 0 Å². The van der Waals surface area contributed by atoms with E-state index in [2.05, 4.69) is 38.9 Å². The summed E-state index contributed by atoms with van der Waals surface area (Å²) in [6.45, 7) is 2.14. The van der Waals surface area contributed by atoms with E-state index in [0.717, 1.165) is 53.7 Å². The molecular weight excluding hydrogens is 465 g/mol. The molecule has 9 heteroatoms. The van der Waals surface area contributed by atoms with Crippen molar-refractivity contribution in [3.8, 4) is 6.07 Å². The maximum absolute atomic E-state index is 13.7. The number of aromatic nitrogens is 4. The van der Waals surface area contributed by atoms with E-state index < -0.39 is 0 Å². The van der Waals surface area contributed by atoms with E-state index >= 15 is 0 Å². The molecule has 2 aromatic carbocycles. The summed E-state index contributed by atoms with van der Waals surface area (Å²) in [6, 6.07) is 12.4. The molecule has 6 rings (SSSR count). The minimum atomic E-state index is -0.374. The lowest BCUT2D eigenvalue weighted by atomic mass is 10.0. The molecule has 2 aliphatic rings. The first kappa shape index (κ1) is 21.8. The number of pyridine rings is 1. The van der Waals surface area contributed by atoms with Crippen molar-refractivity contribution in [3.05, 3.63) is 76.5 Å². The Morgan fingerprint density at radius 2 is 2.00 bits per heavy atom. The summed E-state index contributed by atoms with van der Waals surface area (Å²) in [5.41, 5.74) is 4.11. The van der Waals surface area contributed by atoms with E-state index in [1.807, 2.05) is 23.0 Å². The highest BCUT2D eigenvalue weighted by Crippen LogP contribution is 2.42. The first-order valence-corrected chi connectivity index (χ1v) is 12.0. The molecule has 2 aromatic heterocycles. The van der Waals surface area contributed by atoms with Crippen molar-refractivity contribution in [2.45, 2.75) is 50.2 Å². The molecule has 0 saturated heterocycles. The van der Waals surface area contributed by atoms with E-state index in [1.165, 1.54) is 12.1 Å². The Morgan fingerprint density at radius 3 is 2.69 bits per heavy atom. The normalized spacial score (nSPS) is 17.1. The Labute approximate surface area is 206 Å². The molecule has 7 nitrogen and oxygen atoms in total. The smallest absolute Gasteiger partial charge is 0.123 e. The maximum Gasteiger partial charge on any atom is 0.123 e. The second-order valence-corrected chi connectivity index (χ2v) is 10.1. The average molecular weight is 488 g/mol. The van der Waals surface area contributed by atoms with Crippen molar-refractivity contribution in [3.63, 3.8) is 0 Å². The number of hydrogen-bond donors (Lipinski definition) is 2. The predicted molar refractivity (Wildman–Crippen MR) is 133 cm³/mol. The summed E-state index contributed by atoms with van der Waals surface area (Å²) < 4.78 is 15.6. The molecule has 2 N–H and O–H groups in total. The van der Waals surface area contributed by atoms with E-state index in [-0.39, 0.29) is 17.4 Å². The Hall–Kier alpha value is -3.70. The van der Waals surface area contributed by atoms with Gasteiger partial charge in [-0.25, -0.2) is 9.07 Å². The Balaban J connectivity index is 1.43. The number of anilines is 2. The molecule has 0 bridgehead atoms. The first-order valence-electron chi connectivity index (χ1n) is 11.7. The highest BCUT2D eigenvalue weighted by molar-refractivity contribution is 6.35. The summed E-state index contributed by atoms with van der Waals surface area (Å²) in [4.78, 5) is 4.45. The van der Waals surface area contributed by atoms with Gasteiger partial charge < -0.3 is 10.6 Å². The van der Waals surface area contributed by atoms with E-state index in [4.69, 9.17) is 11.6 Å². The van der Waals surface area contributed by atoms with Gasteiger partial charge >= 0.3 is 0 Å². The Kier molecular flexibility index (Phi) is 5.11. The van der Waals surface area contributed by atoms with Crippen LogP contribution in [-0.2, 0) is 0 Å². The Bertz CT molecular complexity index is 1470. The molecule has 176 valence electrons. The minimum absolute atomic E-state index is 0.0340. The molecule has 0 spiro atoms. The topological polar surface area (TPSA) is 91.5 Å². The van der Waals surface area contributed by atoms with Crippen LogP contribution in [0.2, 0.25) is 5.02 Å². The third kappa shape index (κ3) is 4.28. The fourth-order valence-electron chi connectivity index (χ4n) is 4.27. The highest BCUT2D eigenvalue weighted by Gasteiger charge is 2.38. The van der Waals surface area contributed by atoms with Gasteiger partial charge in [0, 0.05) is 22.8 Å². The second-order valence-electron chi connectivity index (χ2n) is 9.68. The standard InChI is InChI=1S/C26H23ClFN7/c1-26(8-9-26)32-23-16(12-29)13-30-25-20(23)10-18(11-21(25)27)31-24(15-2-4-17(28)5-3-15)22-14-35(34-33-22)19-6-7-19/h2-5,10-11,13-14,19,24,31H,6-9H2,1H3,(H,30,32). The van der Waals surface area contributed by atoms with Crippen LogP contribution in [0, 0.1) is 17.1 Å². The summed E-state index contributed by atoms with van der Waals surface area (Å²) >= 11 is 6.67. The SMILES string of the molecule is CC1(Nc2c(C#N)cnc3c(Cl)cc(NC(c4ccc(F)cc4)c4cn(C5CC5)nn4)cc23)CC1. The number of rotatable bonds is 7. The van der Waals surface area contributed by atoms with Crippen LogP contribution in [0.25, 0.3) is 10.9 Å². The summed E-state index contributed by atoms with van der Waals surface area (Å²) in [5.74, 6) is -0.303. The monoisotopic (exact) mass is 487 g/mol. The van der Waals surface area contributed by atoms with Crippen LogP contribution < -0.4 is 10.6 Å². The third-order valence-electron chi connectivity index (χ3n) is 6.73. The largest absolute Gasteiger partial charge is 0.378 e. The molecule has 1 unspecified atom stereocenters. The lowest BCUT2D eigenvalue weighted by Crippen LogP contribution is -2.17. The van der Waals surface area contributed by atoms with Gasteiger partial charge in [0.2, 0.25) is 0 Å². The molecule has 0 radical (unpaired) electrons. The number of nitriles is 1. The average Bonchev–Trinajstić information content (AvgIpc) is 3.78. The van der Waals surface area contributed by atoms with E-state index in [0.29, 0.717) is 22.1 Å². The van der Waals surface area contributed by atoms with E-state index in [1.54, 1.807) is 18.3 Å². The number of fused-ring (bicyclic) bond motifs is 1. The van der Waals surface area contributed by atoms with Crippen molar-refractivity contribution >= 4 is 33.9 Å². The van der Waals surface area contributed by atoms with Crippen LogP contribution in [-0.4, -0.2) is 25.5 Å². The molecule has 2 aliphatic carbocycles. The van der Waals surface area contributed by atoms with E-state index in [9.17, 15) is 9.65 Å². The van der Waals surface area contributed by atoms with Gasteiger partial charge in [-0.1, -0.05) is 28.9 Å². The maximum atomic E-state index is 13.7. The van der Waals surface area contributed by atoms with Gasteiger partial charge in [-0.15, -0.1) is 5.10 Å². The molecule has 35 heavy (non-hydrogen) atoms. The van der Waals surface area contributed by atoms with Crippen LogP contribution in [0.5, 0.6) is 0 Å². The van der Waals surface area contributed by atoms with Crippen molar-refractivity contribution in [1.82, 2.24) is 20.0 Å². The number of halogens is 2. The fourth-order valence-corrected chi connectivity index (χ4v) is 4.53. The summed E-state index contributed by atoms with van der Waals surface area (Å²) in [6.07, 6.45) is 7.78. The van der Waals surface area contributed by atoms with Gasteiger partial charge in [-0.05, 0) is 62.4 Å². The lowest BCUT2D eigenvalue weighted by Gasteiger charge is -2.21. The minimum Gasteiger partial charge on any atom is -0.378 e. The van der Waals surface area contributed by atoms with Crippen LogP contribution >= 0.6 is 11.6 Å². The van der Waals surface area contributed by atoms with Gasteiger partial charge in [-0.3, -0.25) is 4.98 Å². The van der Waals surface area contributed by atoms with Crippen LogP contribution in [0.1, 0.15) is 61.5 Å². The van der Waals surface area contributed by atoms with Gasteiger partial charge in [-0.2, -0.15) is 5.26 Å². The summed E-state index contributed by atoms with van der Waals surface area (Å²) in [7, 11) is 0.